The second-order valence-corrected chi connectivity index (χ2v) is 6.56. The molecule has 0 aliphatic carbocycles. The Morgan fingerprint density at radius 3 is 2.54 bits per heavy atom. The molecule has 2 rings (SSSR count). The van der Waals surface area contributed by atoms with E-state index in [4.69, 9.17) is 0 Å². The normalized spacial score (nSPS) is 10.9. The Bertz CT molecular complexity index is 908. The minimum Gasteiger partial charge on any atom is -0.465 e. The van der Waals surface area contributed by atoms with Crippen molar-refractivity contribution >= 4 is 27.4 Å². The van der Waals surface area contributed by atoms with Gasteiger partial charge in [-0.15, -0.1) is 0 Å². The van der Waals surface area contributed by atoms with E-state index in [1.807, 2.05) is 0 Å². The molecule has 9 heteroatoms. The van der Waals surface area contributed by atoms with Crippen LogP contribution in [0.2, 0.25) is 0 Å². The fourth-order valence-electron chi connectivity index (χ4n) is 1.94. The number of methoxy groups -OCH3 is 1. The Hall–Kier alpha value is -2.94. The molecule has 0 radical (unpaired) electrons. The Kier molecular flexibility index (Phi) is 4.84. The van der Waals surface area contributed by atoms with Crippen molar-refractivity contribution in [2.45, 2.75) is 11.8 Å². The van der Waals surface area contributed by atoms with Crippen LogP contribution in [0.5, 0.6) is 0 Å². The highest BCUT2D eigenvalue weighted by molar-refractivity contribution is 7.92. The van der Waals surface area contributed by atoms with Gasteiger partial charge in [0.15, 0.2) is 0 Å². The SMILES string of the molecule is COC(=O)c1ccc(C)c(NS(=O)(=O)c2cccc([N+](=O)[O-])c2)c1. The number of esters is 1. The summed E-state index contributed by atoms with van der Waals surface area (Å²) in [7, 11) is -2.83. The lowest BCUT2D eigenvalue weighted by atomic mass is 10.1. The number of carbonyl (C=O) groups excluding carboxylic acids is 1. The van der Waals surface area contributed by atoms with Gasteiger partial charge in [0, 0.05) is 12.1 Å². The van der Waals surface area contributed by atoms with E-state index >= 15 is 0 Å². The van der Waals surface area contributed by atoms with Crippen molar-refractivity contribution < 1.29 is 22.9 Å². The quantitative estimate of drug-likeness (QED) is 0.503. The number of nitro benzene ring substituents is 1. The van der Waals surface area contributed by atoms with Gasteiger partial charge in [0.1, 0.15) is 0 Å². The maximum atomic E-state index is 12.4. The lowest BCUT2D eigenvalue weighted by molar-refractivity contribution is -0.385. The molecule has 0 aliphatic heterocycles. The molecule has 0 aromatic heterocycles. The summed E-state index contributed by atoms with van der Waals surface area (Å²) in [6.07, 6.45) is 0. The maximum absolute atomic E-state index is 12.4. The highest BCUT2D eigenvalue weighted by Crippen LogP contribution is 2.23. The predicted molar refractivity (Wildman–Crippen MR) is 86.4 cm³/mol. The molecule has 1 N–H and O–H groups in total. The molecule has 2 aromatic carbocycles. The molecule has 24 heavy (non-hydrogen) atoms. The van der Waals surface area contributed by atoms with Gasteiger partial charge >= 0.3 is 5.97 Å². The summed E-state index contributed by atoms with van der Waals surface area (Å²) in [6.45, 7) is 1.66. The monoisotopic (exact) mass is 350 g/mol. The first-order chi connectivity index (χ1) is 11.2. The van der Waals surface area contributed by atoms with Crippen LogP contribution in [0.3, 0.4) is 0 Å². The number of hydrogen-bond donors (Lipinski definition) is 1. The third-order valence-corrected chi connectivity index (χ3v) is 4.60. The first-order valence-corrected chi connectivity index (χ1v) is 8.19. The van der Waals surface area contributed by atoms with Gasteiger partial charge < -0.3 is 4.74 Å². The van der Waals surface area contributed by atoms with E-state index < -0.39 is 20.9 Å². The van der Waals surface area contributed by atoms with Crippen LogP contribution in [0, 0.1) is 17.0 Å². The summed E-state index contributed by atoms with van der Waals surface area (Å²) in [6, 6.07) is 9.10. The van der Waals surface area contributed by atoms with E-state index in [0.717, 1.165) is 6.07 Å². The maximum Gasteiger partial charge on any atom is 0.337 e. The molecule has 2 aromatic rings. The van der Waals surface area contributed by atoms with Crippen molar-refractivity contribution in [1.82, 2.24) is 0 Å². The number of non-ortho nitro benzene ring substituents is 1. The van der Waals surface area contributed by atoms with Crippen LogP contribution in [0.15, 0.2) is 47.4 Å². The minimum atomic E-state index is -4.05. The summed E-state index contributed by atoms with van der Waals surface area (Å²) < 4.78 is 31.8. The topological polar surface area (TPSA) is 116 Å². The van der Waals surface area contributed by atoms with Gasteiger partial charge in [-0.05, 0) is 30.7 Å². The first kappa shape index (κ1) is 17.4. The van der Waals surface area contributed by atoms with E-state index in [-0.39, 0.29) is 21.8 Å². The van der Waals surface area contributed by atoms with Crippen LogP contribution in [0.25, 0.3) is 0 Å². The zero-order valence-corrected chi connectivity index (χ0v) is 13.7. The highest BCUT2D eigenvalue weighted by atomic mass is 32.2. The number of sulfonamides is 1. The van der Waals surface area contributed by atoms with Crippen LogP contribution in [0.1, 0.15) is 15.9 Å². The van der Waals surface area contributed by atoms with Gasteiger partial charge in [0.2, 0.25) is 0 Å². The van der Waals surface area contributed by atoms with Gasteiger partial charge in [-0.1, -0.05) is 12.1 Å². The van der Waals surface area contributed by atoms with Crippen LogP contribution in [0.4, 0.5) is 11.4 Å². The molecule has 0 amide bonds. The van der Waals surface area contributed by atoms with Gasteiger partial charge in [0.25, 0.3) is 15.7 Å². The van der Waals surface area contributed by atoms with Gasteiger partial charge in [-0.25, -0.2) is 13.2 Å². The summed E-state index contributed by atoms with van der Waals surface area (Å²) >= 11 is 0. The van der Waals surface area contributed by atoms with Crippen molar-refractivity contribution in [2.75, 3.05) is 11.8 Å². The average Bonchev–Trinajstić information content (AvgIpc) is 2.56. The number of ether oxygens (including phenoxy) is 1. The Balaban J connectivity index is 2.41. The molecule has 0 unspecified atom stereocenters. The van der Waals surface area contributed by atoms with Crippen LogP contribution >= 0.6 is 0 Å². The number of nitrogens with one attached hydrogen (secondary N) is 1. The second kappa shape index (κ2) is 6.67. The Labute approximate surface area is 138 Å². The number of hydrogen-bond acceptors (Lipinski definition) is 6. The summed E-state index contributed by atoms with van der Waals surface area (Å²) in [5.41, 5.74) is 0.610. The second-order valence-electron chi connectivity index (χ2n) is 4.88. The molecular weight excluding hydrogens is 336 g/mol. The number of aryl methyl sites for hydroxylation is 1. The fourth-order valence-corrected chi connectivity index (χ4v) is 3.11. The molecule has 0 aliphatic rings. The van der Waals surface area contributed by atoms with E-state index in [2.05, 4.69) is 9.46 Å². The van der Waals surface area contributed by atoms with Gasteiger partial charge in [-0.2, -0.15) is 0 Å². The van der Waals surface area contributed by atoms with Crippen molar-refractivity contribution in [2.24, 2.45) is 0 Å². The third-order valence-electron chi connectivity index (χ3n) is 3.24. The molecule has 0 saturated heterocycles. The summed E-state index contributed by atoms with van der Waals surface area (Å²) in [4.78, 5) is 21.4. The van der Waals surface area contributed by atoms with Gasteiger partial charge in [-0.3, -0.25) is 14.8 Å². The number of benzene rings is 2. The third kappa shape index (κ3) is 3.69. The van der Waals surface area contributed by atoms with Crippen molar-refractivity contribution in [1.29, 1.82) is 0 Å². The molecule has 0 spiro atoms. The van der Waals surface area contributed by atoms with Crippen LogP contribution in [-0.2, 0) is 14.8 Å². The largest absolute Gasteiger partial charge is 0.465 e. The van der Waals surface area contributed by atoms with Crippen molar-refractivity contribution in [3.8, 4) is 0 Å². The van der Waals surface area contributed by atoms with Crippen LogP contribution in [-0.4, -0.2) is 26.4 Å². The molecule has 0 bridgehead atoms. The smallest absolute Gasteiger partial charge is 0.337 e. The lowest BCUT2D eigenvalue weighted by Gasteiger charge is -2.11. The van der Waals surface area contributed by atoms with E-state index in [9.17, 15) is 23.3 Å². The molecule has 8 nitrogen and oxygen atoms in total. The summed E-state index contributed by atoms with van der Waals surface area (Å²) in [5, 5.41) is 10.8. The zero-order chi connectivity index (χ0) is 17.9. The predicted octanol–water partition coefficient (Wildman–Crippen LogP) is 2.49. The molecule has 0 fully saturated rings. The van der Waals surface area contributed by atoms with Crippen molar-refractivity contribution in [3.05, 3.63) is 63.7 Å². The number of anilines is 1. The average molecular weight is 350 g/mol. The number of nitro groups is 1. The van der Waals surface area contributed by atoms with E-state index in [1.165, 1.54) is 37.4 Å². The molecule has 0 atom stereocenters. The molecule has 126 valence electrons. The molecule has 0 heterocycles. The fraction of sp³-hybridized carbons (Fsp3) is 0.133. The highest BCUT2D eigenvalue weighted by Gasteiger charge is 2.19. The van der Waals surface area contributed by atoms with E-state index in [1.54, 1.807) is 13.0 Å². The number of nitrogens with zero attached hydrogens (tertiary/aromatic N) is 1. The minimum absolute atomic E-state index is 0.180. The Morgan fingerprint density at radius 1 is 1.21 bits per heavy atom. The van der Waals surface area contributed by atoms with E-state index in [0.29, 0.717) is 5.56 Å². The van der Waals surface area contributed by atoms with Crippen molar-refractivity contribution in [3.63, 3.8) is 0 Å². The molecular formula is C15H14N2O6S. The Morgan fingerprint density at radius 2 is 1.92 bits per heavy atom. The standard InChI is InChI=1S/C15H14N2O6S/c1-10-6-7-11(15(18)23-2)8-14(10)16-24(21,22)13-5-3-4-12(9-13)17(19)20/h3-9,16H,1-2H3. The van der Waals surface area contributed by atoms with Gasteiger partial charge in [0.05, 0.1) is 28.2 Å². The lowest BCUT2D eigenvalue weighted by Crippen LogP contribution is -2.14. The summed E-state index contributed by atoms with van der Waals surface area (Å²) in [5.74, 6) is -0.606. The first-order valence-electron chi connectivity index (χ1n) is 6.71. The zero-order valence-electron chi connectivity index (χ0n) is 12.8. The van der Waals surface area contributed by atoms with Crippen LogP contribution < -0.4 is 4.72 Å². The number of rotatable bonds is 5. The number of carbonyl (C=O) groups is 1. The molecule has 0 saturated carbocycles.